The SMILES string of the molecule is CCCNc1nc(C(C)OCC)nc2sccc12. The number of thiophene rings is 1. The number of hydrogen-bond acceptors (Lipinski definition) is 5. The van der Waals surface area contributed by atoms with Crippen molar-refractivity contribution in [1.82, 2.24) is 9.97 Å². The van der Waals surface area contributed by atoms with Gasteiger partial charge in [0.2, 0.25) is 0 Å². The monoisotopic (exact) mass is 265 g/mol. The molecule has 0 aliphatic carbocycles. The summed E-state index contributed by atoms with van der Waals surface area (Å²) < 4.78 is 5.56. The van der Waals surface area contributed by atoms with Gasteiger partial charge in [0, 0.05) is 13.2 Å². The molecule has 0 spiro atoms. The van der Waals surface area contributed by atoms with E-state index in [0.29, 0.717) is 6.61 Å². The van der Waals surface area contributed by atoms with Crippen LogP contribution in [0.4, 0.5) is 5.82 Å². The molecular weight excluding hydrogens is 246 g/mol. The fourth-order valence-corrected chi connectivity index (χ4v) is 2.53. The Morgan fingerprint density at radius 2 is 2.22 bits per heavy atom. The molecule has 2 aromatic heterocycles. The van der Waals surface area contributed by atoms with Crippen molar-refractivity contribution in [1.29, 1.82) is 0 Å². The number of nitrogens with one attached hydrogen (secondary N) is 1. The van der Waals surface area contributed by atoms with Crippen molar-refractivity contribution >= 4 is 27.4 Å². The van der Waals surface area contributed by atoms with Crippen LogP contribution < -0.4 is 5.32 Å². The molecule has 2 aromatic rings. The highest BCUT2D eigenvalue weighted by Gasteiger charge is 2.13. The van der Waals surface area contributed by atoms with Gasteiger partial charge in [0.25, 0.3) is 0 Å². The average molecular weight is 265 g/mol. The van der Waals surface area contributed by atoms with Gasteiger partial charge >= 0.3 is 0 Å². The molecule has 5 heteroatoms. The minimum Gasteiger partial charge on any atom is -0.371 e. The summed E-state index contributed by atoms with van der Waals surface area (Å²) in [5.41, 5.74) is 0. The lowest BCUT2D eigenvalue weighted by Crippen LogP contribution is -2.09. The Morgan fingerprint density at radius 1 is 1.39 bits per heavy atom. The van der Waals surface area contributed by atoms with E-state index in [0.717, 1.165) is 34.8 Å². The molecule has 18 heavy (non-hydrogen) atoms. The first kappa shape index (κ1) is 13.2. The summed E-state index contributed by atoms with van der Waals surface area (Å²) in [5, 5.41) is 6.51. The molecule has 0 aliphatic rings. The maximum absolute atomic E-state index is 5.56. The third kappa shape index (κ3) is 2.79. The van der Waals surface area contributed by atoms with Crippen LogP contribution in [-0.4, -0.2) is 23.1 Å². The van der Waals surface area contributed by atoms with E-state index in [9.17, 15) is 0 Å². The lowest BCUT2D eigenvalue weighted by atomic mass is 10.3. The first-order valence-electron chi connectivity index (χ1n) is 6.36. The van der Waals surface area contributed by atoms with Crippen molar-refractivity contribution < 1.29 is 4.74 Å². The molecule has 2 heterocycles. The lowest BCUT2D eigenvalue weighted by Gasteiger charge is -2.12. The van der Waals surface area contributed by atoms with Gasteiger partial charge in [0.05, 0.1) is 5.39 Å². The second kappa shape index (κ2) is 6.11. The van der Waals surface area contributed by atoms with Gasteiger partial charge in [-0.25, -0.2) is 9.97 Å². The van der Waals surface area contributed by atoms with Crippen LogP contribution in [0.3, 0.4) is 0 Å². The van der Waals surface area contributed by atoms with Crippen LogP contribution in [0.25, 0.3) is 10.2 Å². The summed E-state index contributed by atoms with van der Waals surface area (Å²) in [7, 11) is 0. The van der Waals surface area contributed by atoms with Crippen LogP contribution in [0.15, 0.2) is 11.4 Å². The van der Waals surface area contributed by atoms with E-state index in [1.54, 1.807) is 11.3 Å². The molecular formula is C13H19N3OS. The molecule has 98 valence electrons. The summed E-state index contributed by atoms with van der Waals surface area (Å²) in [5.74, 6) is 1.68. The highest BCUT2D eigenvalue weighted by Crippen LogP contribution is 2.27. The molecule has 0 aliphatic heterocycles. The number of nitrogens with zero attached hydrogens (tertiary/aromatic N) is 2. The maximum Gasteiger partial charge on any atom is 0.160 e. The van der Waals surface area contributed by atoms with E-state index in [1.807, 2.05) is 19.2 Å². The first-order valence-corrected chi connectivity index (χ1v) is 7.24. The minimum absolute atomic E-state index is 0.0660. The number of ether oxygens (including phenoxy) is 1. The molecule has 0 radical (unpaired) electrons. The third-order valence-electron chi connectivity index (χ3n) is 2.67. The van der Waals surface area contributed by atoms with Crippen LogP contribution in [0.5, 0.6) is 0 Å². The van der Waals surface area contributed by atoms with Crippen molar-refractivity contribution in [2.45, 2.75) is 33.3 Å². The molecule has 0 amide bonds. The van der Waals surface area contributed by atoms with Gasteiger partial charge in [-0.05, 0) is 31.7 Å². The third-order valence-corrected chi connectivity index (χ3v) is 3.47. The fourth-order valence-electron chi connectivity index (χ4n) is 1.76. The van der Waals surface area contributed by atoms with Crippen molar-refractivity contribution in [3.8, 4) is 0 Å². The first-order chi connectivity index (χ1) is 8.76. The van der Waals surface area contributed by atoms with E-state index in [1.165, 1.54) is 0 Å². The summed E-state index contributed by atoms with van der Waals surface area (Å²) in [4.78, 5) is 10.2. The van der Waals surface area contributed by atoms with E-state index in [4.69, 9.17) is 4.74 Å². The Balaban J connectivity index is 2.36. The van der Waals surface area contributed by atoms with Gasteiger partial charge in [-0.3, -0.25) is 0 Å². The van der Waals surface area contributed by atoms with Crippen LogP contribution in [0.2, 0.25) is 0 Å². The number of anilines is 1. The summed E-state index contributed by atoms with van der Waals surface area (Å²) in [6.07, 6.45) is 1.01. The molecule has 1 unspecified atom stereocenters. The minimum atomic E-state index is -0.0660. The molecule has 0 saturated heterocycles. The van der Waals surface area contributed by atoms with Crippen LogP contribution in [-0.2, 0) is 4.74 Å². The number of hydrogen-bond donors (Lipinski definition) is 1. The number of fused-ring (bicyclic) bond motifs is 1. The van der Waals surface area contributed by atoms with Gasteiger partial charge in [0.1, 0.15) is 16.8 Å². The molecule has 0 fully saturated rings. The number of aromatic nitrogens is 2. The number of rotatable bonds is 6. The lowest BCUT2D eigenvalue weighted by molar-refractivity contribution is 0.0704. The van der Waals surface area contributed by atoms with Gasteiger partial charge in [-0.2, -0.15) is 0 Å². The van der Waals surface area contributed by atoms with E-state index in [2.05, 4.69) is 28.3 Å². The van der Waals surface area contributed by atoms with Crippen molar-refractivity contribution in [3.05, 3.63) is 17.3 Å². The summed E-state index contributed by atoms with van der Waals surface area (Å²) >= 11 is 1.64. The van der Waals surface area contributed by atoms with Crippen molar-refractivity contribution in [3.63, 3.8) is 0 Å². The van der Waals surface area contributed by atoms with E-state index < -0.39 is 0 Å². The highest BCUT2D eigenvalue weighted by atomic mass is 32.1. The average Bonchev–Trinajstić information content (AvgIpc) is 2.84. The molecule has 4 nitrogen and oxygen atoms in total. The standard InChI is InChI=1S/C13H19N3OS/c1-4-7-14-12-10-6-8-18-13(10)16-11(15-12)9(3)17-5-2/h6,8-9H,4-5,7H2,1-3H3,(H,14,15,16). The fraction of sp³-hybridized carbons (Fsp3) is 0.538. The zero-order chi connectivity index (χ0) is 13.0. The molecule has 2 rings (SSSR count). The quantitative estimate of drug-likeness (QED) is 0.866. The van der Waals surface area contributed by atoms with Crippen LogP contribution >= 0.6 is 11.3 Å². The van der Waals surface area contributed by atoms with Crippen molar-refractivity contribution in [2.24, 2.45) is 0 Å². The molecule has 0 bridgehead atoms. The normalized spacial score (nSPS) is 12.8. The smallest absolute Gasteiger partial charge is 0.160 e. The maximum atomic E-state index is 5.56. The molecule has 1 N–H and O–H groups in total. The van der Waals surface area contributed by atoms with E-state index >= 15 is 0 Å². The molecule has 0 saturated carbocycles. The Hall–Kier alpha value is -1.20. The molecule has 0 aromatic carbocycles. The second-order valence-corrected chi connectivity index (χ2v) is 4.99. The van der Waals surface area contributed by atoms with Crippen LogP contribution in [0, 0.1) is 0 Å². The zero-order valence-electron chi connectivity index (χ0n) is 11.1. The van der Waals surface area contributed by atoms with Crippen molar-refractivity contribution in [2.75, 3.05) is 18.5 Å². The highest BCUT2D eigenvalue weighted by molar-refractivity contribution is 7.16. The topological polar surface area (TPSA) is 47.0 Å². The second-order valence-electron chi connectivity index (χ2n) is 4.09. The summed E-state index contributed by atoms with van der Waals surface area (Å²) in [6, 6.07) is 2.06. The Labute approximate surface area is 111 Å². The van der Waals surface area contributed by atoms with Gasteiger partial charge in [-0.15, -0.1) is 11.3 Å². The van der Waals surface area contributed by atoms with Gasteiger partial charge in [-0.1, -0.05) is 6.92 Å². The Kier molecular flexibility index (Phi) is 4.49. The Bertz CT molecular complexity index is 512. The zero-order valence-corrected chi connectivity index (χ0v) is 11.9. The predicted molar refractivity (Wildman–Crippen MR) is 76.2 cm³/mol. The van der Waals surface area contributed by atoms with Crippen LogP contribution in [0.1, 0.15) is 39.1 Å². The predicted octanol–water partition coefficient (Wildman–Crippen LogP) is 3.61. The summed E-state index contributed by atoms with van der Waals surface area (Å²) in [6.45, 7) is 7.70. The van der Waals surface area contributed by atoms with E-state index in [-0.39, 0.29) is 6.10 Å². The largest absolute Gasteiger partial charge is 0.371 e. The van der Waals surface area contributed by atoms with Gasteiger partial charge in [0.15, 0.2) is 5.82 Å². The molecule has 1 atom stereocenters. The Morgan fingerprint density at radius 3 is 2.94 bits per heavy atom. The van der Waals surface area contributed by atoms with Gasteiger partial charge < -0.3 is 10.1 Å².